The zero-order valence-electron chi connectivity index (χ0n) is 36.7. The second kappa shape index (κ2) is 14.1. The first kappa shape index (κ1) is 37.8. The van der Waals surface area contributed by atoms with Crippen molar-refractivity contribution in [1.29, 1.82) is 10.5 Å². The van der Waals surface area contributed by atoms with Gasteiger partial charge < -0.3 is 18.3 Å². The van der Waals surface area contributed by atoms with E-state index in [9.17, 15) is 10.5 Å². The molecule has 0 bridgehead atoms. The summed E-state index contributed by atoms with van der Waals surface area (Å²) in [6.07, 6.45) is 0. The van der Waals surface area contributed by atoms with Gasteiger partial charge in [-0.15, -0.1) is 11.3 Å². The zero-order chi connectivity index (χ0) is 45.5. The van der Waals surface area contributed by atoms with Crippen molar-refractivity contribution in [2.75, 3.05) is 0 Å². The van der Waals surface area contributed by atoms with Gasteiger partial charge in [0.15, 0.2) is 0 Å². The molecule has 69 heavy (non-hydrogen) atoms. The van der Waals surface area contributed by atoms with Crippen LogP contribution >= 0.6 is 11.3 Å². The van der Waals surface area contributed by atoms with Crippen LogP contribution in [-0.4, -0.2) is 18.3 Å². The van der Waals surface area contributed by atoms with Gasteiger partial charge in [-0.3, -0.25) is 0 Å². The Morgan fingerprint density at radius 3 is 0.942 bits per heavy atom. The molecular formula is C62H34N6S. The molecule has 5 heterocycles. The molecule has 0 spiro atoms. The number of benzene rings is 10. The first-order chi connectivity index (χ1) is 34.2. The lowest BCUT2D eigenvalue weighted by Crippen LogP contribution is -2.16. The van der Waals surface area contributed by atoms with E-state index in [0.29, 0.717) is 28.2 Å². The molecular weight excluding hydrogens is 861 g/mol. The molecule has 7 heteroatoms. The number of nitriles is 2. The van der Waals surface area contributed by atoms with Crippen molar-refractivity contribution in [2.24, 2.45) is 0 Å². The number of hydrogen-bond acceptors (Lipinski definition) is 3. The van der Waals surface area contributed by atoms with E-state index in [1.54, 1.807) is 11.3 Å². The number of nitrogens with zero attached hydrogens (tertiary/aromatic N) is 6. The molecule has 0 unspecified atom stereocenters. The summed E-state index contributed by atoms with van der Waals surface area (Å²) in [5.74, 6) is 0. The summed E-state index contributed by atoms with van der Waals surface area (Å²) in [5.41, 5.74) is 11.0. The highest BCUT2D eigenvalue weighted by Crippen LogP contribution is 2.49. The Morgan fingerprint density at radius 1 is 0.261 bits per heavy atom. The molecule has 0 saturated carbocycles. The number of rotatable bonds is 4. The van der Waals surface area contributed by atoms with Crippen molar-refractivity contribution in [3.05, 3.63) is 217 Å². The molecule has 0 amide bonds. The third kappa shape index (κ3) is 4.96. The summed E-state index contributed by atoms with van der Waals surface area (Å²) in [5, 5.41) is 35.7. The second-order valence-electron chi connectivity index (χ2n) is 17.8. The molecule has 0 atom stereocenters. The Morgan fingerprint density at radius 2 is 0.565 bits per heavy atom. The minimum atomic E-state index is 0.388. The van der Waals surface area contributed by atoms with Crippen LogP contribution in [0.15, 0.2) is 206 Å². The largest absolute Gasteiger partial charge is 0.306 e. The van der Waals surface area contributed by atoms with E-state index in [1.807, 2.05) is 0 Å². The Labute approximate surface area is 397 Å². The summed E-state index contributed by atoms with van der Waals surface area (Å²) >= 11 is 1.77. The van der Waals surface area contributed by atoms with Gasteiger partial charge in [-0.2, -0.15) is 10.5 Å². The lowest BCUT2D eigenvalue weighted by atomic mass is 9.98. The summed E-state index contributed by atoms with van der Waals surface area (Å²) in [6, 6.07) is 78.3. The summed E-state index contributed by atoms with van der Waals surface area (Å²) in [4.78, 5) is 0. The molecule has 318 valence electrons. The Kier molecular flexibility index (Phi) is 7.70. The zero-order valence-corrected chi connectivity index (χ0v) is 37.5. The van der Waals surface area contributed by atoms with Crippen LogP contribution in [0.2, 0.25) is 0 Å². The number of hydrogen-bond donors (Lipinski definition) is 0. The number of aromatic nitrogens is 4. The molecule has 0 aliphatic heterocycles. The lowest BCUT2D eigenvalue weighted by molar-refractivity contribution is 1.02. The van der Waals surface area contributed by atoms with E-state index in [0.717, 1.165) is 97.6 Å². The molecule has 15 aromatic rings. The number of thiophene rings is 1. The van der Waals surface area contributed by atoms with Crippen LogP contribution < -0.4 is 0 Å². The maximum Gasteiger partial charge on any atom is 0.104 e. The highest BCUT2D eigenvalue weighted by atomic mass is 32.1. The average Bonchev–Trinajstić information content (AvgIpc) is 4.20. The Hall–Kier alpha value is -9.40. The van der Waals surface area contributed by atoms with Crippen molar-refractivity contribution in [3.63, 3.8) is 0 Å². The van der Waals surface area contributed by atoms with Crippen LogP contribution in [0.4, 0.5) is 0 Å². The minimum Gasteiger partial charge on any atom is -0.306 e. The van der Waals surface area contributed by atoms with Crippen LogP contribution in [0.1, 0.15) is 11.1 Å². The average molecular weight is 895 g/mol. The van der Waals surface area contributed by atoms with Gasteiger partial charge in [0, 0.05) is 63.3 Å². The van der Waals surface area contributed by atoms with Crippen LogP contribution in [0.3, 0.4) is 0 Å². The highest BCUT2D eigenvalue weighted by molar-refractivity contribution is 7.25. The molecule has 0 aliphatic rings. The van der Waals surface area contributed by atoms with E-state index in [-0.39, 0.29) is 0 Å². The Balaban J connectivity index is 1.27. The van der Waals surface area contributed by atoms with Gasteiger partial charge in [-0.05, 0) is 60.7 Å². The minimum absolute atomic E-state index is 0.388. The fourth-order valence-corrected chi connectivity index (χ4v) is 12.8. The van der Waals surface area contributed by atoms with E-state index in [2.05, 4.69) is 237 Å². The molecule has 0 N–H and O–H groups in total. The standard InChI is InChI=1S/C62H34N6S/c63-35-47-59(68-55-31-15-7-23-43(55)45-33-46-44-24-8-16-32-57(44)69-58(46)34-56(45)68)48(36-64)61(66-51-27-11-3-19-39(51)40-20-4-12-28-52(40)66)62(67-53-29-13-5-21-41(53)42-22-6-14-30-54(42)67)60(47)65-49-25-9-1-17-37(49)38-18-2-10-26-50(38)65/h1-34H. The molecule has 10 aromatic carbocycles. The summed E-state index contributed by atoms with van der Waals surface area (Å²) in [7, 11) is 0. The quantitative estimate of drug-likeness (QED) is 0.177. The normalized spacial score (nSPS) is 12.0. The van der Waals surface area contributed by atoms with Gasteiger partial charge in [0.05, 0.1) is 66.9 Å². The molecule has 0 fully saturated rings. The molecule has 0 saturated heterocycles. The van der Waals surface area contributed by atoms with Crippen LogP contribution in [-0.2, 0) is 0 Å². The maximum atomic E-state index is 12.4. The topological polar surface area (TPSA) is 67.3 Å². The van der Waals surface area contributed by atoms with Crippen molar-refractivity contribution in [3.8, 4) is 34.9 Å². The second-order valence-corrected chi connectivity index (χ2v) is 18.9. The molecule has 5 aromatic heterocycles. The van der Waals surface area contributed by atoms with Gasteiger partial charge >= 0.3 is 0 Å². The third-order valence-corrected chi connectivity index (χ3v) is 15.6. The number of para-hydroxylation sites is 7. The van der Waals surface area contributed by atoms with E-state index >= 15 is 0 Å². The van der Waals surface area contributed by atoms with E-state index in [1.165, 1.54) is 15.5 Å². The van der Waals surface area contributed by atoms with Crippen molar-refractivity contribution in [2.45, 2.75) is 0 Å². The lowest BCUT2D eigenvalue weighted by Gasteiger charge is -2.27. The first-order valence-corrected chi connectivity index (χ1v) is 23.9. The van der Waals surface area contributed by atoms with Gasteiger partial charge in [0.1, 0.15) is 23.3 Å². The van der Waals surface area contributed by atoms with Gasteiger partial charge in [-0.1, -0.05) is 146 Å². The van der Waals surface area contributed by atoms with Crippen molar-refractivity contribution >= 4 is 119 Å². The Bertz CT molecular complexity index is 4510. The van der Waals surface area contributed by atoms with Crippen LogP contribution in [0, 0.1) is 22.7 Å². The van der Waals surface area contributed by atoms with Crippen LogP contribution in [0.25, 0.3) is 130 Å². The SMILES string of the molecule is N#Cc1c(-n2c3ccccc3c3cc4c(cc32)sc2ccccc24)c(C#N)c(-n2c3ccccc3c3ccccc32)c(-n2c3ccccc3c3ccccc32)c1-n1c2ccccc2c2ccccc21. The van der Waals surface area contributed by atoms with Crippen molar-refractivity contribution in [1.82, 2.24) is 18.3 Å². The molecule has 15 rings (SSSR count). The predicted octanol–water partition coefficient (Wildman–Crippen LogP) is 16.2. The van der Waals surface area contributed by atoms with E-state index in [4.69, 9.17) is 0 Å². The van der Waals surface area contributed by atoms with Gasteiger partial charge in [0.25, 0.3) is 0 Å². The monoisotopic (exact) mass is 894 g/mol. The smallest absolute Gasteiger partial charge is 0.104 e. The first-order valence-electron chi connectivity index (χ1n) is 23.1. The summed E-state index contributed by atoms with van der Waals surface area (Å²) < 4.78 is 11.5. The molecule has 0 radical (unpaired) electrons. The highest BCUT2D eigenvalue weighted by Gasteiger charge is 2.34. The van der Waals surface area contributed by atoms with Crippen molar-refractivity contribution < 1.29 is 0 Å². The van der Waals surface area contributed by atoms with Gasteiger partial charge in [0.2, 0.25) is 0 Å². The van der Waals surface area contributed by atoms with Crippen LogP contribution in [0.5, 0.6) is 0 Å². The van der Waals surface area contributed by atoms with E-state index < -0.39 is 0 Å². The number of fused-ring (bicyclic) bond motifs is 15. The van der Waals surface area contributed by atoms with Gasteiger partial charge in [-0.25, -0.2) is 0 Å². The third-order valence-electron chi connectivity index (χ3n) is 14.4. The molecule has 0 aliphatic carbocycles. The fraction of sp³-hybridized carbons (Fsp3) is 0. The maximum absolute atomic E-state index is 12.4. The molecule has 6 nitrogen and oxygen atoms in total. The predicted molar refractivity (Wildman–Crippen MR) is 286 cm³/mol. The fourth-order valence-electron chi connectivity index (χ4n) is 11.7. The summed E-state index contributed by atoms with van der Waals surface area (Å²) in [6.45, 7) is 0.